The van der Waals surface area contributed by atoms with Gasteiger partial charge in [-0.2, -0.15) is 0 Å². The summed E-state index contributed by atoms with van der Waals surface area (Å²) < 4.78 is 5.36. The first-order valence-electron chi connectivity index (χ1n) is 8.39. The Labute approximate surface area is 144 Å². The van der Waals surface area contributed by atoms with Crippen LogP contribution in [0.25, 0.3) is 27.8 Å². The third-order valence-corrected chi connectivity index (χ3v) is 4.91. The topological polar surface area (TPSA) is 43.1 Å². The molecule has 0 saturated heterocycles. The van der Waals surface area contributed by atoms with E-state index in [4.69, 9.17) is 4.42 Å². The lowest BCUT2D eigenvalue weighted by molar-refractivity contribution is 0.102. The summed E-state index contributed by atoms with van der Waals surface area (Å²) in [6.45, 7) is 0. The highest BCUT2D eigenvalue weighted by molar-refractivity contribution is 6.17. The number of hydrogen-bond donors (Lipinski definition) is 0. The van der Waals surface area contributed by atoms with Crippen molar-refractivity contribution in [1.82, 2.24) is 4.98 Å². The van der Waals surface area contributed by atoms with E-state index < -0.39 is 0 Å². The molecular weight excluding hydrogens is 310 g/mol. The molecule has 25 heavy (non-hydrogen) atoms. The second-order valence-corrected chi connectivity index (χ2v) is 6.35. The van der Waals surface area contributed by atoms with E-state index in [0.717, 1.165) is 40.3 Å². The van der Waals surface area contributed by atoms with Crippen LogP contribution in [-0.4, -0.2) is 10.8 Å². The largest absolute Gasteiger partial charge is 0.465 e. The van der Waals surface area contributed by atoms with E-state index in [0.29, 0.717) is 11.3 Å². The van der Waals surface area contributed by atoms with Gasteiger partial charge in [0.25, 0.3) is 0 Å². The van der Waals surface area contributed by atoms with Crippen LogP contribution < -0.4 is 0 Å². The Hall–Kier alpha value is -3.20. The summed E-state index contributed by atoms with van der Waals surface area (Å²) in [6.07, 6.45) is 6.74. The van der Waals surface area contributed by atoms with Gasteiger partial charge in [-0.25, -0.2) is 0 Å². The molecule has 0 spiro atoms. The Bertz CT molecular complexity index is 1150. The van der Waals surface area contributed by atoms with Crippen LogP contribution in [0, 0.1) is 0 Å². The lowest BCUT2D eigenvalue weighted by Gasteiger charge is -2.19. The number of aromatic nitrogens is 1. The molecular formula is C22H15NO2. The lowest BCUT2D eigenvalue weighted by atomic mass is 9.84. The molecule has 5 rings (SSSR count). The molecule has 0 atom stereocenters. The number of furan rings is 1. The van der Waals surface area contributed by atoms with Crippen molar-refractivity contribution in [3.63, 3.8) is 0 Å². The Kier molecular flexibility index (Phi) is 3.07. The first-order chi connectivity index (χ1) is 12.3. The van der Waals surface area contributed by atoms with Gasteiger partial charge >= 0.3 is 0 Å². The molecule has 3 nitrogen and oxygen atoms in total. The molecule has 2 aromatic carbocycles. The van der Waals surface area contributed by atoms with Crippen LogP contribution in [0.4, 0.5) is 0 Å². The van der Waals surface area contributed by atoms with Crippen LogP contribution in [0.2, 0.25) is 0 Å². The minimum absolute atomic E-state index is 0.0555. The van der Waals surface area contributed by atoms with Gasteiger partial charge in [0.2, 0.25) is 0 Å². The first-order valence-corrected chi connectivity index (χ1v) is 8.39. The number of fused-ring (bicyclic) bond motifs is 5. The molecule has 2 aromatic heterocycles. The third kappa shape index (κ3) is 2.20. The molecule has 0 amide bonds. The Morgan fingerprint density at radius 2 is 1.92 bits per heavy atom. The van der Waals surface area contributed by atoms with E-state index in [1.54, 1.807) is 12.5 Å². The third-order valence-electron chi connectivity index (χ3n) is 4.91. The summed E-state index contributed by atoms with van der Waals surface area (Å²) in [5.74, 6) is 0.769. The molecule has 4 aromatic rings. The second kappa shape index (κ2) is 5.42. The highest BCUT2D eigenvalue weighted by Gasteiger charge is 2.25. The minimum atomic E-state index is 0.0555. The molecule has 0 aliphatic heterocycles. The number of allylic oxidation sites excluding steroid dienone is 1. The fourth-order valence-corrected chi connectivity index (χ4v) is 3.72. The summed E-state index contributed by atoms with van der Waals surface area (Å²) in [5.41, 5.74) is 3.56. The van der Waals surface area contributed by atoms with Gasteiger partial charge in [-0.1, -0.05) is 30.3 Å². The van der Waals surface area contributed by atoms with Gasteiger partial charge in [-0.05, 0) is 53.5 Å². The van der Waals surface area contributed by atoms with Gasteiger partial charge in [0.1, 0.15) is 5.76 Å². The monoisotopic (exact) mass is 325 g/mol. The van der Waals surface area contributed by atoms with Crippen molar-refractivity contribution in [3.8, 4) is 0 Å². The van der Waals surface area contributed by atoms with Crippen LogP contribution in [0.5, 0.6) is 0 Å². The van der Waals surface area contributed by atoms with Crippen LogP contribution in [-0.2, 0) is 6.42 Å². The van der Waals surface area contributed by atoms with Crippen molar-refractivity contribution in [2.24, 2.45) is 0 Å². The van der Waals surface area contributed by atoms with E-state index in [9.17, 15) is 4.79 Å². The lowest BCUT2D eigenvalue weighted by Crippen LogP contribution is -2.15. The zero-order chi connectivity index (χ0) is 16.8. The van der Waals surface area contributed by atoms with Gasteiger partial charge in [0.05, 0.1) is 11.8 Å². The normalized spacial score (nSPS) is 15.8. The van der Waals surface area contributed by atoms with Crippen molar-refractivity contribution in [1.29, 1.82) is 0 Å². The summed E-state index contributed by atoms with van der Waals surface area (Å²) in [7, 11) is 0. The van der Waals surface area contributed by atoms with Crippen molar-refractivity contribution < 1.29 is 9.21 Å². The van der Waals surface area contributed by atoms with E-state index in [-0.39, 0.29) is 5.78 Å². The molecule has 0 unspecified atom stereocenters. The molecule has 0 N–H and O–H groups in total. The molecule has 2 heterocycles. The molecule has 0 bridgehead atoms. The van der Waals surface area contributed by atoms with Crippen molar-refractivity contribution in [2.75, 3.05) is 0 Å². The predicted molar refractivity (Wildman–Crippen MR) is 98.6 cm³/mol. The fraction of sp³-hybridized carbons (Fsp3) is 0.0909. The number of carbonyl (C=O) groups excluding carboxylic acids is 1. The van der Waals surface area contributed by atoms with Crippen LogP contribution >= 0.6 is 0 Å². The Balaban J connectivity index is 1.74. The Morgan fingerprint density at radius 3 is 2.80 bits per heavy atom. The van der Waals surface area contributed by atoms with Crippen molar-refractivity contribution >= 4 is 33.5 Å². The van der Waals surface area contributed by atoms with E-state index in [1.807, 2.05) is 36.4 Å². The van der Waals surface area contributed by atoms with E-state index >= 15 is 0 Å². The number of nitrogens with zero attached hydrogens (tertiary/aromatic N) is 1. The summed E-state index contributed by atoms with van der Waals surface area (Å²) in [5, 5.41) is 3.45. The maximum Gasteiger partial charge on any atom is 0.191 e. The number of benzene rings is 2. The number of pyridine rings is 1. The second-order valence-electron chi connectivity index (χ2n) is 6.35. The summed E-state index contributed by atoms with van der Waals surface area (Å²) >= 11 is 0. The SMILES string of the molecule is O=C1/C(=C/c2ccco2)CCc2c1cnc1ccc3ccccc3c21. The average molecular weight is 325 g/mol. The van der Waals surface area contributed by atoms with Gasteiger partial charge in [0, 0.05) is 22.7 Å². The van der Waals surface area contributed by atoms with Gasteiger partial charge in [-0.15, -0.1) is 0 Å². The fourth-order valence-electron chi connectivity index (χ4n) is 3.72. The molecule has 3 heteroatoms. The maximum absolute atomic E-state index is 13.0. The van der Waals surface area contributed by atoms with Gasteiger partial charge < -0.3 is 4.42 Å². The summed E-state index contributed by atoms with van der Waals surface area (Å²) in [4.78, 5) is 17.5. The van der Waals surface area contributed by atoms with Gasteiger partial charge in [-0.3, -0.25) is 9.78 Å². The predicted octanol–water partition coefficient (Wildman–Crippen LogP) is 5.19. The minimum Gasteiger partial charge on any atom is -0.465 e. The average Bonchev–Trinajstić information content (AvgIpc) is 3.16. The van der Waals surface area contributed by atoms with E-state index in [2.05, 4.69) is 23.2 Å². The smallest absolute Gasteiger partial charge is 0.191 e. The molecule has 0 radical (unpaired) electrons. The number of ketones is 1. The zero-order valence-electron chi connectivity index (χ0n) is 13.5. The number of Topliss-reactive ketones (excluding diaryl/α,β-unsaturated/α-hetero) is 1. The quantitative estimate of drug-likeness (QED) is 0.357. The number of carbonyl (C=O) groups is 1. The standard InChI is InChI=1S/C22H15NO2/c24-22-15(12-16-5-3-11-25-16)7-9-18-19(22)13-23-20-10-8-14-4-1-2-6-17(14)21(18)20/h1-6,8,10-13H,7,9H2/b15-12+. The van der Waals surface area contributed by atoms with Crippen LogP contribution in [0.1, 0.15) is 28.1 Å². The van der Waals surface area contributed by atoms with Crippen molar-refractivity contribution in [3.05, 3.63) is 83.5 Å². The zero-order valence-corrected chi connectivity index (χ0v) is 13.5. The van der Waals surface area contributed by atoms with E-state index in [1.165, 1.54) is 5.39 Å². The molecule has 0 fully saturated rings. The van der Waals surface area contributed by atoms with Crippen LogP contribution in [0.3, 0.4) is 0 Å². The van der Waals surface area contributed by atoms with Gasteiger partial charge in [0.15, 0.2) is 5.78 Å². The van der Waals surface area contributed by atoms with Crippen molar-refractivity contribution in [2.45, 2.75) is 12.8 Å². The maximum atomic E-state index is 13.0. The molecule has 1 aliphatic carbocycles. The summed E-state index contributed by atoms with van der Waals surface area (Å²) in [6, 6.07) is 16.1. The number of hydrogen-bond acceptors (Lipinski definition) is 3. The Morgan fingerprint density at radius 1 is 1.00 bits per heavy atom. The number of aryl methyl sites for hydroxylation is 1. The molecule has 120 valence electrons. The van der Waals surface area contributed by atoms with Crippen LogP contribution in [0.15, 0.2) is 71.0 Å². The first kappa shape index (κ1) is 14.2. The molecule has 1 aliphatic rings. The molecule has 0 saturated carbocycles. The highest BCUT2D eigenvalue weighted by atomic mass is 16.3. The number of rotatable bonds is 1. The highest BCUT2D eigenvalue weighted by Crippen LogP contribution is 2.34.